The van der Waals surface area contributed by atoms with Gasteiger partial charge in [-0.1, -0.05) is 0 Å². The molecule has 19 heavy (non-hydrogen) atoms. The lowest BCUT2D eigenvalue weighted by atomic mass is 10.2. The standard InChI is InChI=1S/C11H13N3O4S/c1-7-9(6-15)11(8(2)18-7)19(16,17)14-10-4-3-5-12-13-10/h3-5,15H,6H2,1-2H3,(H,13,14). The van der Waals surface area contributed by atoms with Gasteiger partial charge in [-0.2, -0.15) is 5.10 Å². The molecule has 0 fully saturated rings. The molecule has 0 amide bonds. The molecule has 0 aliphatic heterocycles. The lowest BCUT2D eigenvalue weighted by Crippen LogP contribution is -2.16. The second-order valence-electron chi connectivity index (χ2n) is 3.89. The van der Waals surface area contributed by atoms with Gasteiger partial charge in [-0.25, -0.2) is 8.42 Å². The lowest BCUT2D eigenvalue weighted by Gasteiger charge is -2.07. The molecule has 0 unspecified atom stereocenters. The molecule has 2 heterocycles. The molecule has 0 saturated carbocycles. The van der Waals surface area contributed by atoms with E-state index in [4.69, 9.17) is 4.42 Å². The molecule has 0 aliphatic carbocycles. The number of rotatable bonds is 4. The van der Waals surface area contributed by atoms with Crippen LogP contribution < -0.4 is 4.72 Å². The number of aliphatic hydroxyl groups is 1. The van der Waals surface area contributed by atoms with E-state index in [2.05, 4.69) is 14.9 Å². The van der Waals surface area contributed by atoms with E-state index in [1.807, 2.05) is 0 Å². The molecule has 2 N–H and O–H groups in total. The Bertz CT molecular complexity index is 679. The quantitative estimate of drug-likeness (QED) is 0.866. The zero-order chi connectivity index (χ0) is 14.0. The van der Waals surface area contributed by atoms with Crippen molar-refractivity contribution in [2.75, 3.05) is 4.72 Å². The van der Waals surface area contributed by atoms with Gasteiger partial charge in [-0.3, -0.25) is 4.72 Å². The minimum Gasteiger partial charge on any atom is -0.465 e. The molecule has 7 nitrogen and oxygen atoms in total. The fraction of sp³-hybridized carbons (Fsp3) is 0.273. The van der Waals surface area contributed by atoms with Crippen LogP contribution in [-0.2, 0) is 16.6 Å². The van der Waals surface area contributed by atoms with Gasteiger partial charge in [-0.15, -0.1) is 5.10 Å². The third-order valence-electron chi connectivity index (χ3n) is 2.56. The Hall–Kier alpha value is -1.93. The molecular formula is C11H13N3O4S. The van der Waals surface area contributed by atoms with Gasteiger partial charge < -0.3 is 9.52 Å². The van der Waals surface area contributed by atoms with Crippen LogP contribution >= 0.6 is 0 Å². The highest BCUT2D eigenvalue weighted by Crippen LogP contribution is 2.27. The van der Waals surface area contributed by atoms with Crippen molar-refractivity contribution in [1.82, 2.24) is 10.2 Å². The summed E-state index contributed by atoms with van der Waals surface area (Å²) in [4.78, 5) is -0.0573. The first kappa shape index (κ1) is 13.5. The summed E-state index contributed by atoms with van der Waals surface area (Å²) in [6, 6.07) is 3.04. The number of sulfonamides is 1. The van der Waals surface area contributed by atoms with Gasteiger partial charge in [0.1, 0.15) is 16.4 Å². The molecular weight excluding hydrogens is 270 g/mol. The van der Waals surface area contributed by atoms with E-state index in [1.165, 1.54) is 19.2 Å². The fourth-order valence-electron chi connectivity index (χ4n) is 1.79. The van der Waals surface area contributed by atoms with Gasteiger partial charge >= 0.3 is 0 Å². The molecule has 102 valence electrons. The van der Waals surface area contributed by atoms with E-state index >= 15 is 0 Å². The monoisotopic (exact) mass is 283 g/mol. The molecule has 0 bridgehead atoms. The largest absolute Gasteiger partial charge is 0.465 e. The molecule has 8 heteroatoms. The average molecular weight is 283 g/mol. The van der Waals surface area contributed by atoms with Crippen LogP contribution in [-0.4, -0.2) is 23.7 Å². The van der Waals surface area contributed by atoms with Crippen LogP contribution in [0.2, 0.25) is 0 Å². The molecule has 2 rings (SSSR count). The Morgan fingerprint density at radius 1 is 1.37 bits per heavy atom. The summed E-state index contributed by atoms with van der Waals surface area (Å²) in [5.41, 5.74) is 0.244. The molecule has 2 aromatic rings. The number of nitrogens with one attached hydrogen (secondary N) is 1. The van der Waals surface area contributed by atoms with Crippen molar-refractivity contribution < 1.29 is 17.9 Å². The predicted octanol–water partition coefficient (Wildman–Crippen LogP) is 0.980. The van der Waals surface area contributed by atoms with Crippen molar-refractivity contribution >= 4 is 15.8 Å². The maximum Gasteiger partial charge on any atom is 0.266 e. The van der Waals surface area contributed by atoms with Crippen molar-refractivity contribution in [2.45, 2.75) is 25.3 Å². The Morgan fingerprint density at radius 2 is 2.11 bits per heavy atom. The van der Waals surface area contributed by atoms with Crippen LogP contribution in [0, 0.1) is 13.8 Å². The Labute approximate surface area is 110 Å². The highest BCUT2D eigenvalue weighted by atomic mass is 32.2. The topological polar surface area (TPSA) is 105 Å². The molecule has 2 aromatic heterocycles. The minimum atomic E-state index is -3.87. The fourth-order valence-corrected chi connectivity index (χ4v) is 3.23. The van der Waals surface area contributed by atoms with E-state index in [0.29, 0.717) is 5.76 Å². The van der Waals surface area contributed by atoms with Crippen LogP contribution in [0.5, 0.6) is 0 Å². The number of aromatic nitrogens is 2. The number of aryl methyl sites for hydroxylation is 2. The molecule has 0 spiro atoms. The third-order valence-corrected chi connectivity index (χ3v) is 4.11. The van der Waals surface area contributed by atoms with Crippen LogP contribution in [0.1, 0.15) is 17.1 Å². The molecule has 0 radical (unpaired) electrons. The van der Waals surface area contributed by atoms with E-state index < -0.39 is 16.6 Å². The minimum absolute atomic E-state index is 0.0573. The van der Waals surface area contributed by atoms with E-state index in [9.17, 15) is 13.5 Å². The predicted molar refractivity (Wildman–Crippen MR) is 66.9 cm³/mol. The first-order chi connectivity index (χ1) is 8.95. The van der Waals surface area contributed by atoms with Crippen molar-refractivity contribution in [1.29, 1.82) is 0 Å². The summed E-state index contributed by atoms with van der Waals surface area (Å²) in [5, 5.41) is 16.5. The van der Waals surface area contributed by atoms with Crippen LogP contribution in [0.15, 0.2) is 27.6 Å². The number of aliphatic hydroxyl groups excluding tert-OH is 1. The summed E-state index contributed by atoms with van der Waals surface area (Å²) < 4.78 is 32.1. The highest BCUT2D eigenvalue weighted by Gasteiger charge is 2.26. The first-order valence-corrected chi connectivity index (χ1v) is 6.94. The second kappa shape index (κ2) is 4.98. The van der Waals surface area contributed by atoms with Gasteiger partial charge in [-0.05, 0) is 26.0 Å². The Morgan fingerprint density at radius 3 is 2.68 bits per heavy atom. The van der Waals surface area contributed by atoms with E-state index in [1.54, 1.807) is 13.0 Å². The van der Waals surface area contributed by atoms with Gasteiger partial charge in [0.05, 0.1) is 6.61 Å². The van der Waals surface area contributed by atoms with Crippen molar-refractivity contribution in [3.05, 3.63) is 35.4 Å². The van der Waals surface area contributed by atoms with Crippen molar-refractivity contribution in [3.8, 4) is 0 Å². The lowest BCUT2D eigenvalue weighted by molar-refractivity contribution is 0.276. The number of hydrogen-bond acceptors (Lipinski definition) is 6. The van der Waals surface area contributed by atoms with Crippen molar-refractivity contribution in [2.24, 2.45) is 0 Å². The normalized spacial score (nSPS) is 11.5. The van der Waals surface area contributed by atoms with E-state index in [0.717, 1.165) is 0 Å². The summed E-state index contributed by atoms with van der Waals surface area (Å²) in [6.45, 7) is 2.71. The van der Waals surface area contributed by atoms with Crippen molar-refractivity contribution in [3.63, 3.8) is 0 Å². The average Bonchev–Trinajstić information content (AvgIpc) is 2.64. The maximum absolute atomic E-state index is 12.3. The van der Waals surface area contributed by atoms with Gasteiger partial charge in [0.25, 0.3) is 10.0 Å². The number of nitrogens with zero attached hydrogens (tertiary/aromatic N) is 2. The number of anilines is 1. The zero-order valence-corrected chi connectivity index (χ0v) is 11.2. The molecule has 0 atom stereocenters. The summed E-state index contributed by atoms with van der Waals surface area (Å²) in [6.07, 6.45) is 1.43. The van der Waals surface area contributed by atoms with Crippen LogP contribution in [0.25, 0.3) is 0 Å². The Balaban J connectivity index is 2.46. The summed E-state index contributed by atoms with van der Waals surface area (Å²) in [5.74, 6) is 0.696. The Kier molecular flexibility index (Phi) is 3.54. The summed E-state index contributed by atoms with van der Waals surface area (Å²) >= 11 is 0. The SMILES string of the molecule is Cc1oc(C)c(S(=O)(=O)Nc2cccnn2)c1CO. The van der Waals surface area contributed by atoms with E-state index in [-0.39, 0.29) is 22.0 Å². The number of hydrogen-bond donors (Lipinski definition) is 2. The number of furan rings is 1. The first-order valence-electron chi connectivity index (χ1n) is 5.46. The maximum atomic E-state index is 12.3. The highest BCUT2D eigenvalue weighted by molar-refractivity contribution is 7.92. The van der Waals surface area contributed by atoms with Gasteiger partial charge in [0.2, 0.25) is 0 Å². The molecule has 0 saturated heterocycles. The second-order valence-corrected chi connectivity index (χ2v) is 5.51. The third kappa shape index (κ3) is 2.59. The van der Waals surface area contributed by atoms with Gasteiger partial charge in [0.15, 0.2) is 5.82 Å². The zero-order valence-electron chi connectivity index (χ0n) is 10.4. The molecule has 0 aliphatic rings. The molecule has 0 aromatic carbocycles. The summed E-state index contributed by atoms with van der Waals surface area (Å²) in [7, 11) is -3.87. The smallest absolute Gasteiger partial charge is 0.266 e. The van der Waals surface area contributed by atoms with Crippen LogP contribution in [0.4, 0.5) is 5.82 Å². The van der Waals surface area contributed by atoms with Crippen LogP contribution in [0.3, 0.4) is 0 Å². The van der Waals surface area contributed by atoms with Gasteiger partial charge in [0, 0.05) is 11.8 Å².